The molecule has 1 amide bonds. The highest BCUT2D eigenvalue weighted by Crippen LogP contribution is 2.24. The molecule has 0 aliphatic carbocycles. The zero-order chi connectivity index (χ0) is 16.1. The second kappa shape index (κ2) is 7.33. The SMILES string of the molecule is O=C(NCCn1ccc2c(Br)cccc21)OCc1ccccc1. The predicted molar refractivity (Wildman–Crippen MR) is 94.3 cm³/mol. The Labute approximate surface area is 143 Å². The fourth-order valence-corrected chi connectivity index (χ4v) is 2.92. The van der Waals surface area contributed by atoms with Crippen molar-refractivity contribution in [2.24, 2.45) is 0 Å². The third-order valence-electron chi connectivity index (χ3n) is 3.60. The number of nitrogens with one attached hydrogen (secondary N) is 1. The summed E-state index contributed by atoms with van der Waals surface area (Å²) in [7, 11) is 0. The minimum absolute atomic E-state index is 0.284. The first-order valence-electron chi connectivity index (χ1n) is 7.42. The molecule has 23 heavy (non-hydrogen) atoms. The third-order valence-corrected chi connectivity index (χ3v) is 4.29. The highest BCUT2D eigenvalue weighted by Gasteiger charge is 2.05. The van der Waals surface area contributed by atoms with Gasteiger partial charge in [0.2, 0.25) is 0 Å². The molecule has 0 atom stereocenters. The van der Waals surface area contributed by atoms with Crippen molar-refractivity contribution in [1.82, 2.24) is 9.88 Å². The Morgan fingerprint density at radius 2 is 1.91 bits per heavy atom. The molecule has 0 unspecified atom stereocenters. The normalized spacial score (nSPS) is 10.7. The van der Waals surface area contributed by atoms with E-state index < -0.39 is 6.09 Å². The van der Waals surface area contributed by atoms with Crippen molar-refractivity contribution >= 4 is 32.9 Å². The standard InChI is InChI=1S/C18H17BrN2O2/c19-16-7-4-8-17-15(16)9-11-21(17)12-10-20-18(22)23-13-14-5-2-1-3-6-14/h1-9,11H,10,12-13H2,(H,20,22). The quantitative estimate of drug-likeness (QED) is 0.724. The van der Waals surface area contributed by atoms with Gasteiger partial charge in [0.25, 0.3) is 0 Å². The van der Waals surface area contributed by atoms with Crippen LogP contribution in [0.4, 0.5) is 4.79 Å². The van der Waals surface area contributed by atoms with Gasteiger partial charge >= 0.3 is 6.09 Å². The molecule has 0 saturated heterocycles. The summed E-state index contributed by atoms with van der Waals surface area (Å²) in [6, 6.07) is 17.8. The van der Waals surface area contributed by atoms with E-state index >= 15 is 0 Å². The van der Waals surface area contributed by atoms with Crippen LogP contribution in [0.2, 0.25) is 0 Å². The molecule has 5 heteroatoms. The molecule has 0 spiro atoms. The number of aromatic nitrogens is 1. The second-order valence-corrected chi connectivity index (χ2v) is 6.02. The fourth-order valence-electron chi connectivity index (χ4n) is 2.43. The molecule has 0 aliphatic rings. The monoisotopic (exact) mass is 372 g/mol. The molecule has 0 saturated carbocycles. The van der Waals surface area contributed by atoms with Crippen molar-refractivity contribution in [3.63, 3.8) is 0 Å². The number of halogens is 1. The van der Waals surface area contributed by atoms with Gasteiger partial charge in [-0.3, -0.25) is 0 Å². The number of alkyl carbamates (subject to hydrolysis) is 1. The van der Waals surface area contributed by atoms with Gasteiger partial charge in [-0.1, -0.05) is 52.3 Å². The van der Waals surface area contributed by atoms with E-state index in [4.69, 9.17) is 4.74 Å². The summed E-state index contributed by atoms with van der Waals surface area (Å²) in [4.78, 5) is 11.7. The van der Waals surface area contributed by atoms with E-state index in [1.54, 1.807) is 0 Å². The smallest absolute Gasteiger partial charge is 0.407 e. The van der Waals surface area contributed by atoms with Gasteiger partial charge in [0.05, 0.1) is 0 Å². The van der Waals surface area contributed by atoms with Gasteiger partial charge in [0.15, 0.2) is 0 Å². The number of carbonyl (C=O) groups is 1. The third kappa shape index (κ3) is 3.93. The lowest BCUT2D eigenvalue weighted by Gasteiger charge is -2.09. The van der Waals surface area contributed by atoms with Crippen molar-refractivity contribution in [2.45, 2.75) is 13.2 Å². The summed E-state index contributed by atoms with van der Waals surface area (Å²) < 4.78 is 8.37. The van der Waals surface area contributed by atoms with Gasteiger partial charge in [-0.25, -0.2) is 4.79 Å². The molecule has 0 fully saturated rings. The summed E-state index contributed by atoms with van der Waals surface area (Å²) >= 11 is 3.54. The molecular formula is C18H17BrN2O2. The summed E-state index contributed by atoms with van der Waals surface area (Å²) in [6.07, 6.45) is 1.62. The second-order valence-electron chi connectivity index (χ2n) is 5.17. The number of fused-ring (bicyclic) bond motifs is 1. The van der Waals surface area contributed by atoms with Gasteiger partial charge in [-0.2, -0.15) is 0 Å². The topological polar surface area (TPSA) is 43.3 Å². The Morgan fingerprint density at radius 3 is 2.74 bits per heavy atom. The molecule has 1 aromatic heterocycles. The molecule has 1 N–H and O–H groups in total. The number of amides is 1. The van der Waals surface area contributed by atoms with E-state index in [9.17, 15) is 4.79 Å². The number of rotatable bonds is 5. The van der Waals surface area contributed by atoms with Crippen molar-refractivity contribution in [1.29, 1.82) is 0 Å². The Balaban J connectivity index is 1.49. The maximum Gasteiger partial charge on any atom is 0.407 e. The Hall–Kier alpha value is -2.27. The number of nitrogens with zero attached hydrogens (tertiary/aromatic N) is 1. The van der Waals surface area contributed by atoms with Crippen LogP contribution < -0.4 is 5.32 Å². The van der Waals surface area contributed by atoms with Crippen molar-refractivity contribution in [2.75, 3.05) is 6.54 Å². The zero-order valence-corrected chi connectivity index (χ0v) is 14.1. The van der Waals surface area contributed by atoms with Crippen molar-refractivity contribution in [3.8, 4) is 0 Å². The highest BCUT2D eigenvalue weighted by molar-refractivity contribution is 9.10. The van der Waals surface area contributed by atoms with Gasteiger partial charge in [0.1, 0.15) is 6.61 Å². The molecule has 4 nitrogen and oxygen atoms in total. The number of ether oxygens (including phenoxy) is 1. The number of benzene rings is 2. The van der Waals surface area contributed by atoms with E-state index in [1.165, 1.54) is 5.39 Å². The molecule has 0 radical (unpaired) electrons. The molecule has 1 heterocycles. The van der Waals surface area contributed by atoms with Gasteiger partial charge in [-0.05, 0) is 23.8 Å². The van der Waals surface area contributed by atoms with Crippen molar-refractivity contribution in [3.05, 3.63) is 70.8 Å². The summed E-state index contributed by atoms with van der Waals surface area (Å²) in [5, 5.41) is 3.94. The minimum Gasteiger partial charge on any atom is -0.445 e. The van der Waals surface area contributed by atoms with E-state index in [2.05, 4.69) is 37.9 Å². The van der Waals surface area contributed by atoms with Crippen LogP contribution in [0.15, 0.2) is 65.3 Å². The van der Waals surface area contributed by atoms with Crippen LogP contribution in [0.1, 0.15) is 5.56 Å². The van der Waals surface area contributed by atoms with Crippen LogP contribution in [0, 0.1) is 0 Å². The summed E-state index contributed by atoms with van der Waals surface area (Å²) in [6.45, 7) is 1.50. The summed E-state index contributed by atoms with van der Waals surface area (Å²) in [5.41, 5.74) is 2.11. The van der Waals surface area contributed by atoms with E-state index in [1.807, 2.05) is 48.7 Å². The van der Waals surface area contributed by atoms with Gasteiger partial charge in [0, 0.05) is 34.7 Å². The van der Waals surface area contributed by atoms with E-state index in [-0.39, 0.29) is 6.61 Å². The summed E-state index contributed by atoms with van der Waals surface area (Å²) in [5.74, 6) is 0. The number of hydrogen-bond donors (Lipinski definition) is 1. The van der Waals surface area contributed by atoms with Crippen LogP contribution in [-0.2, 0) is 17.9 Å². The van der Waals surface area contributed by atoms with Crippen molar-refractivity contribution < 1.29 is 9.53 Å². The average molecular weight is 373 g/mol. The highest BCUT2D eigenvalue weighted by atomic mass is 79.9. The van der Waals surface area contributed by atoms with Crippen LogP contribution >= 0.6 is 15.9 Å². The molecule has 2 aromatic carbocycles. The molecule has 0 aliphatic heterocycles. The largest absolute Gasteiger partial charge is 0.445 e. The molecule has 0 bridgehead atoms. The van der Waals surface area contributed by atoms with Crippen LogP contribution in [-0.4, -0.2) is 17.2 Å². The van der Waals surface area contributed by atoms with Gasteiger partial charge in [-0.15, -0.1) is 0 Å². The Kier molecular flexibility index (Phi) is 4.98. The molecule has 3 rings (SSSR count). The lowest BCUT2D eigenvalue weighted by atomic mass is 10.2. The number of hydrogen-bond acceptors (Lipinski definition) is 2. The van der Waals surface area contributed by atoms with Crippen LogP contribution in [0.5, 0.6) is 0 Å². The zero-order valence-electron chi connectivity index (χ0n) is 12.5. The molecule has 3 aromatic rings. The number of carbonyl (C=O) groups excluding carboxylic acids is 1. The average Bonchev–Trinajstić information content (AvgIpc) is 2.99. The van der Waals surface area contributed by atoms with Crippen LogP contribution in [0.25, 0.3) is 10.9 Å². The first kappa shape index (κ1) is 15.6. The first-order chi connectivity index (χ1) is 11.2. The Morgan fingerprint density at radius 1 is 1.09 bits per heavy atom. The Bertz CT molecular complexity index is 799. The molecular weight excluding hydrogens is 356 g/mol. The lowest BCUT2D eigenvalue weighted by molar-refractivity contribution is 0.139. The lowest BCUT2D eigenvalue weighted by Crippen LogP contribution is -2.27. The van der Waals surface area contributed by atoms with E-state index in [0.29, 0.717) is 13.1 Å². The van der Waals surface area contributed by atoms with Crippen LogP contribution in [0.3, 0.4) is 0 Å². The first-order valence-corrected chi connectivity index (χ1v) is 8.21. The maximum absolute atomic E-state index is 11.7. The van der Waals surface area contributed by atoms with Gasteiger partial charge < -0.3 is 14.6 Å². The van der Waals surface area contributed by atoms with E-state index in [0.717, 1.165) is 15.6 Å². The predicted octanol–water partition coefficient (Wildman–Crippen LogP) is 4.33. The molecule has 118 valence electrons. The fraction of sp³-hybridized carbons (Fsp3) is 0.167. The maximum atomic E-state index is 11.7. The minimum atomic E-state index is -0.397.